The van der Waals surface area contributed by atoms with Gasteiger partial charge in [-0.3, -0.25) is 9.59 Å². The van der Waals surface area contributed by atoms with Gasteiger partial charge in [-0.1, -0.05) is 99.3 Å². The summed E-state index contributed by atoms with van der Waals surface area (Å²) in [5.74, 6) is 0.738. The standard InChI is InChI=1S/C28H37N3O3.C6H12O.C5H11N.C4H10/c1-9-14-34-26-13-11-22(17-29-26)24-16-23(12-10-18(24)2)31-27(33)30-20(4)25(21(5)32)15-19(3)28(6,7)8;1-5(7)6(2,3)4;1-2-4-6-5-3-1;1-3-4-2/h10-13,15-17H,9,14H2,1-8H3,(H2,30,31,33);1-4H3;6H,1-5H2;3-4H2,1-2H3/b19-15+,25-20-;;;. The van der Waals surface area contributed by atoms with Crippen LogP contribution in [0.5, 0.6) is 5.88 Å². The second-order valence-electron chi connectivity index (χ2n) is 15.1. The molecule has 0 atom stereocenters. The van der Waals surface area contributed by atoms with Crippen molar-refractivity contribution in [2.45, 2.75) is 135 Å². The first-order chi connectivity index (χ1) is 23.8. The van der Waals surface area contributed by atoms with E-state index in [1.165, 1.54) is 52.1 Å². The number of carbonyl (C=O) groups excluding carboxylic acids is 3. The van der Waals surface area contributed by atoms with E-state index in [9.17, 15) is 14.4 Å². The number of hydrogen-bond acceptors (Lipinski definition) is 6. The fourth-order valence-corrected chi connectivity index (χ4v) is 3.95. The van der Waals surface area contributed by atoms with Gasteiger partial charge in [0.15, 0.2) is 5.78 Å². The number of anilines is 1. The predicted octanol–water partition coefficient (Wildman–Crippen LogP) is 11.0. The van der Waals surface area contributed by atoms with Crippen molar-refractivity contribution >= 4 is 23.3 Å². The third-order valence-electron chi connectivity index (χ3n) is 8.39. The summed E-state index contributed by atoms with van der Waals surface area (Å²) < 4.78 is 5.56. The van der Waals surface area contributed by atoms with Gasteiger partial charge in [-0.2, -0.15) is 0 Å². The quantitative estimate of drug-likeness (QED) is 0.177. The number of aromatic nitrogens is 1. The molecule has 0 aliphatic carbocycles. The predicted molar refractivity (Wildman–Crippen MR) is 216 cm³/mol. The molecule has 8 heteroatoms. The van der Waals surface area contributed by atoms with Gasteiger partial charge >= 0.3 is 6.03 Å². The van der Waals surface area contributed by atoms with Crippen LogP contribution in [0.15, 0.2) is 59.4 Å². The van der Waals surface area contributed by atoms with E-state index in [2.05, 4.69) is 55.6 Å². The molecule has 0 bridgehead atoms. The molecule has 1 aliphatic rings. The number of benzene rings is 1. The number of hydrogen-bond donors (Lipinski definition) is 3. The topological polar surface area (TPSA) is 109 Å². The molecule has 3 rings (SSSR count). The Morgan fingerprint density at radius 3 is 1.82 bits per heavy atom. The molecule has 3 N–H and O–H groups in total. The van der Waals surface area contributed by atoms with E-state index in [0.717, 1.165) is 28.7 Å². The Morgan fingerprint density at radius 2 is 1.43 bits per heavy atom. The minimum atomic E-state index is -0.408. The summed E-state index contributed by atoms with van der Waals surface area (Å²) >= 11 is 0. The number of nitrogens with one attached hydrogen (secondary N) is 3. The fourth-order valence-electron chi connectivity index (χ4n) is 3.95. The first-order valence-corrected chi connectivity index (χ1v) is 18.7. The summed E-state index contributed by atoms with van der Waals surface area (Å²) in [4.78, 5) is 39.8. The summed E-state index contributed by atoms with van der Waals surface area (Å²) in [7, 11) is 0. The lowest BCUT2D eigenvalue weighted by atomic mass is 9.86. The zero-order valence-corrected chi connectivity index (χ0v) is 34.5. The first-order valence-electron chi connectivity index (χ1n) is 18.7. The highest BCUT2D eigenvalue weighted by Crippen LogP contribution is 2.28. The third kappa shape index (κ3) is 20.6. The number of ether oxygens (including phenoxy) is 1. The molecule has 0 unspecified atom stereocenters. The molecule has 1 aliphatic heterocycles. The molecule has 8 nitrogen and oxygen atoms in total. The molecule has 2 aromatic rings. The van der Waals surface area contributed by atoms with E-state index in [1.807, 2.05) is 78.0 Å². The van der Waals surface area contributed by atoms with Crippen LogP contribution in [-0.4, -0.2) is 42.3 Å². The van der Waals surface area contributed by atoms with Gasteiger partial charge < -0.3 is 20.7 Å². The van der Waals surface area contributed by atoms with E-state index < -0.39 is 6.03 Å². The number of Topliss-reactive ketones (excluding diaryl/α,β-unsaturated/α-hetero) is 2. The molecule has 2 heterocycles. The van der Waals surface area contributed by atoms with Gasteiger partial charge in [-0.05, 0) is 102 Å². The maximum atomic E-state index is 12.7. The molecule has 0 spiro atoms. The summed E-state index contributed by atoms with van der Waals surface area (Å²) in [6, 6.07) is 9.11. The van der Waals surface area contributed by atoms with Crippen LogP contribution in [0.1, 0.15) is 134 Å². The molecule has 2 amide bonds. The van der Waals surface area contributed by atoms with Gasteiger partial charge in [-0.25, -0.2) is 9.78 Å². The average molecular weight is 707 g/mol. The molecule has 0 radical (unpaired) electrons. The van der Waals surface area contributed by atoms with Crippen molar-refractivity contribution in [3.8, 4) is 17.0 Å². The Labute approximate surface area is 310 Å². The smallest absolute Gasteiger partial charge is 0.323 e. The number of urea groups is 1. The third-order valence-corrected chi connectivity index (χ3v) is 8.39. The van der Waals surface area contributed by atoms with Gasteiger partial charge in [0, 0.05) is 40.2 Å². The number of nitrogens with zero attached hydrogens (tertiary/aromatic N) is 1. The number of unbranched alkanes of at least 4 members (excludes halogenated alkanes) is 1. The van der Waals surface area contributed by atoms with Crippen molar-refractivity contribution in [1.29, 1.82) is 0 Å². The Balaban J connectivity index is 0.00000120. The van der Waals surface area contributed by atoms with Gasteiger partial charge in [0.1, 0.15) is 5.78 Å². The summed E-state index contributed by atoms with van der Waals surface area (Å²) in [5.41, 5.74) is 5.45. The van der Waals surface area contributed by atoms with Crippen molar-refractivity contribution in [2.24, 2.45) is 10.8 Å². The number of ketones is 2. The second-order valence-corrected chi connectivity index (χ2v) is 15.1. The number of amides is 2. The van der Waals surface area contributed by atoms with Crippen LogP contribution in [0.2, 0.25) is 0 Å². The van der Waals surface area contributed by atoms with Crippen LogP contribution < -0.4 is 20.7 Å². The molecule has 1 saturated heterocycles. The maximum absolute atomic E-state index is 12.7. The Bertz CT molecular complexity index is 1390. The monoisotopic (exact) mass is 707 g/mol. The molecular weight excluding hydrogens is 636 g/mol. The van der Waals surface area contributed by atoms with Crippen molar-refractivity contribution in [1.82, 2.24) is 15.6 Å². The molecule has 1 aromatic carbocycles. The lowest BCUT2D eigenvalue weighted by Crippen LogP contribution is -2.28. The SMILES string of the molecule is C1CCNCC1.CC(=O)C(C)(C)C.CCCC.CCCOc1ccc(-c2cc(NC(=O)N/C(C)=C(/C=C(\C)C(C)(C)C)C(C)=O)ccc2C)cn1. The number of allylic oxidation sites excluding steroid dienone is 4. The van der Waals surface area contributed by atoms with E-state index in [1.54, 1.807) is 20.0 Å². The molecule has 51 heavy (non-hydrogen) atoms. The average Bonchev–Trinajstić information content (AvgIpc) is 3.07. The van der Waals surface area contributed by atoms with Gasteiger partial charge in [0.05, 0.1) is 6.61 Å². The maximum Gasteiger partial charge on any atom is 0.323 e. The lowest BCUT2D eigenvalue weighted by Gasteiger charge is -2.20. The lowest BCUT2D eigenvalue weighted by molar-refractivity contribution is -0.124. The Hall–Kier alpha value is -3.78. The van der Waals surface area contributed by atoms with Crippen LogP contribution in [-0.2, 0) is 9.59 Å². The van der Waals surface area contributed by atoms with Crippen LogP contribution >= 0.6 is 0 Å². The number of carbonyl (C=O) groups is 3. The molecule has 286 valence electrons. The highest BCUT2D eigenvalue weighted by atomic mass is 16.5. The summed E-state index contributed by atoms with van der Waals surface area (Å²) in [6.45, 7) is 30.4. The molecule has 1 fully saturated rings. The van der Waals surface area contributed by atoms with Crippen LogP contribution in [0.25, 0.3) is 11.1 Å². The second kappa shape index (κ2) is 24.4. The van der Waals surface area contributed by atoms with Crippen molar-refractivity contribution in [2.75, 3.05) is 25.0 Å². The van der Waals surface area contributed by atoms with Crippen LogP contribution in [0.3, 0.4) is 0 Å². The van der Waals surface area contributed by atoms with E-state index in [0.29, 0.717) is 29.4 Å². The normalized spacial score (nSPS) is 13.4. The molecular formula is C43H70N4O4. The largest absolute Gasteiger partial charge is 0.478 e. The minimum absolute atomic E-state index is 0.0727. The van der Waals surface area contributed by atoms with E-state index in [4.69, 9.17) is 4.74 Å². The Kier molecular flexibility index (Phi) is 22.6. The number of rotatable bonds is 9. The number of pyridine rings is 1. The van der Waals surface area contributed by atoms with E-state index in [-0.39, 0.29) is 22.4 Å². The zero-order valence-electron chi connectivity index (χ0n) is 34.5. The van der Waals surface area contributed by atoms with Crippen LogP contribution in [0, 0.1) is 17.8 Å². The van der Waals surface area contributed by atoms with Gasteiger partial charge in [-0.15, -0.1) is 0 Å². The fraction of sp³-hybridized carbons (Fsp3) is 0.581. The number of aryl methyl sites for hydroxylation is 1. The van der Waals surface area contributed by atoms with Crippen molar-refractivity contribution in [3.63, 3.8) is 0 Å². The summed E-state index contributed by atoms with van der Waals surface area (Å²) in [5, 5.41) is 8.95. The summed E-state index contributed by atoms with van der Waals surface area (Å²) in [6.07, 6.45) is 11.4. The minimum Gasteiger partial charge on any atom is -0.478 e. The van der Waals surface area contributed by atoms with Crippen molar-refractivity contribution in [3.05, 3.63) is 65.0 Å². The zero-order chi connectivity index (χ0) is 39.2. The van der Waals surface area contributed by atoms with Crippen molar-refractivity contribution < 1.29 is 19.1 Å². The number of piperidine rings is 1. The van der Waals surface area contributed by atoms with E-state index >= 15 is 0 Å². The Morgan fingerprint density at radius 1 is 0.843 bits per heavy atom. The molecule has 0 saturated carbocycles. The van der Waals surface area contributed by atoms with Gasteiger partial charge in [0.25, 0.3) is 0 Å². The first kappa shape index (κ1) is 47.2. The molecule has 1 aromatic heterocycles. The highest BCUT2D eigenvalue weighted by Gasteiger charge is 2.17. The van der Waals surface area contributed by atoms with Gasteiger partial charge in [0.2, 0.25) is 5.88 Å². The highest BCUT2D eigenvalue weighted by molar-refractivity contribution is 5.98. The van der Waals surface area contributed by atoms with Crippen LogP contribution in [0.4, 0.5) is 10.5 Å².